The number of aryl methyl sites for hydroxylation is 1. The molecule has 3 heterocycles. The molecule has 6 nitrogen and oxygen atoms in total. The first-order valence-corrected chi connectivity index (χ1v) is 8.26. The van der Waals surface area contributed by atoms with Crippen molar-refractivity contribution in [2.45, 2.75) is 32.0 Å². The molecule has 0 aromatic carbocycles. The summed E-state index contributed by atoms with van der Waals surface area (Å²) in [6, 6.07) is 4.53. The third kappa shape index (κ3) is 4.27. The number of carbonyl (C=O) groups is 1. The second-order valence-corrected chi connectivity index (χ2v) is 6.02. The van der Waals surface area contributed by atoms with Crippen LogP contribution in [0.1, 0.15) is 19.0 Å². The monoisotopic (exact) mass is 365 g/mol. The quantitative estimate of drug-likeness (QED) is 0.882. The topological polar surface area (TPSA) is 71.0 Å². The fourth-order valence-corrected chi connectivity index (χ4v) is 2.81. The Hall–Kier alpha value is -2.71. The molecule has 138 valence electrons. The van der Waals surface area contributed by atoms with Crippen LogP contribution in [0.3, 0.4) is 0 Å². The molecule has 0 saturated carbocycles. The number of likely N-dealkylation sites (tertiary alicyclic amines) is 1. The molecule has 26 heavy (non-hydrogen) atoms. The van der Waals surface area contributed by atoms with Gasteiger partial charge in [0.15, 0.2) is 5.82 Å². The number of nitrogens with one attached hydrogen (secondary N) is 1. The van der Waals surface area contributed by atoms with Gasteiger partial charge in [0.25, 0.3) is 0 Å². The van der Waals surface area contributed by atoms with Crippen LogP contribution in [0.5, 0.6) is 0 Å². The van der Waals surface area contributed by atoms with Crippen LogP contribution in [-0.2, 0) is 11.2 Å². The lowest BCUT2D eigenvalue weighted by molar-refractivity contribution is -0.157. The number of alkyl halides is 3. The fourth-order valence-electron chi connectivity index (χ4n) is 2.81. The summed E-state index contributed by atoms with van der Waals surface area (Å²) in [7, 11) is 0. The van der Waals surface area contributed by atoms with Gasteiger partial charge in [-0.15, -0.1) is 0 Å². The van der Waals surface area contributed by atoms with Gasteiger partial charge in [0.2, 0.25) is 5.91 Å². The molecule has 1 saturated heterocycles. The van der Waals surface area contributed by atoms with E-state index in [2.05, 4.69) is 20.3 Å². The van der Waals surface area contributed by atoms with Crippen molar-refractivity contribution < 1.29 is 18.0 Å². The van der Waals surface area contributed by atoms with Crippen molar-refractivity contribution in [2.75, 3.05) is 18.4 Å². The van der Waals surface area contributed by atoms with E-state index in [4.69, 9.17) is 0 Å². The van der Waals surface area contributed by atoms with Gasteiger partial charge in [-0.3, -0.25) is 9.78 Å². The summed E-state index contributed by atoms with van der Waals surface area (Å²) in [6.45, 7) is 0.781. The van der Waals surface area contributed by atoms with Crippen molar-refractivity contribution in [3.05, 3.63) is 36.3 Å². The second kappa shape index (κ2) is 7.27. The van der Waals surface area contributed by atoms with E-state index in [9.17, 15) is 18.0 Å². The summed E-state index contributed by atoms with van der Waals surface area (Å²) in [4.78, 5) is 25.8. The van der Waals surface area contributed by atoms with E-state index in [0.717, 1.165) is 16.2 Å². The highest BCUT2D eigenvalue weighted by atomic mass is 19.4. The Morgan fingerprint density at radius 1 is 1.27 bits per heavy atom. The van der Waals surface area contributed by atoms with Crippen molar-refractivity contribution in [1.82, 2.24) is 19.9 Å². The van der Waals surface area contributed by atoms with Crippen LogP contribution in [0.25, 0.3) is 11.4 Å². The Kier molecular flexibility index (Phi) is 5.06. The lowest BCUT2D eigenvalue weighted by Crippen LogP contribution is -2.39. The first-order valence-electron chi connectivity index (χ1n) is 8.26. The highest BCUT2D eigenvalue weighted by Gasteiger charge is 2.39. The molecule has 9 heteroatoms. The lowest BCUT2D eigenvalue weighted by atomic mass is 10.2. The van der Waals surface area contributed by atoms with Crippen LogP contribution in [0.4, 0.5) is 19.0 Å². The number of anilines is 1. The molecular formula is C17H18F3N5O. The summed E-state index contributed by atoms with van der Waals surface area (Å²) in [5.74, 6) is 0.340. The highest BCUT2D eigenvalue weighted by Crippen LogP contribution is 2.24. The van der Waals surface area contributed by atoms with E-state index >= 15 is 0 Å². The first kappa shape index (κ1) is 18.1. The maximum Gasteiger partial charge on any atom is 0.406 e. The predicted molar refractivity (Wildman–Crippen MR) is 89.3 cm³/mol. The van der Waals surface area contributed by atoms with Crippen molar-refractivity contribution >= 4 is 11.7 Å². The third-order valence-corrected chi connectivity index (χ3v) is 4.07. The Morgan fingerprint density at radius 2 is 2.00 bits per heavy atom. The third-order valence-electron chi connectivity index (χ3n) is 4.07. The summed E-state index contributed by atoms with van der Waals surface area (Å²) in [6.07, 6.45) is -0.192. The smallest absolute Gasteiger partial charge is 0.358 e. The number of halogens is 3. The Labute approximate surface area is 148 Å². The van der Waals surface area contributed by atoms with Gasteiger partial charge in [0.05, 0.1) is 0 Å². The minimum atomic E-state index is -4.40. The molecule has 1 aliphatic heterocycles. The maximum atomic E-state index is 12.5. The van der Waals surface area contributed by atoms with Gasteiger partial charge < -0.3 is 10.2 Å². The molecule has 1 unspecified atom stereocenters. The Bertz CT molecular complexity index is 782. The molecule has 0 spiro atoms. The van der Waals surface area contributed by atoms with Crippen LogP contribution < -0.4 is 5.32 Å². The molecule has 0 bridgehead atoms. The van der Waals surface area contributed by atoms with E-state index in [1.54, 1.807) is 30.6 Å². The normalized spacial score (nSPS) is 17.6. The lowest BCUT2D eigenvalue weighted by Gasteiger charge is -2.19. The highest BCUT2D eigenvalue weighted by molar-refractivity contribution is 5.86. The molecule has 1 fully saturated rings. The average Bonchev–Trinajstić information content (AvgIpc) is 2.94. The molecule has 3 rings (SSSR count). The van der Waals surface area contributed by atoms with Crippen LogP contribution >= 0.6 is 0 Å². The van der Waals surface area contributed by atoms with Crippen molar-refractivity contribution in [3.8, 4) is 11.4 Å². The SMILES string of the molecule is CCc1cc(NC2CCN(CC(F)(F)F)C2=O)nc(-c2ccncc2)n1. The number of aromatic nitrogens is 3. The van der Waals surface area contributed by atoms with Gasteiger partial charge in [-0.2, -0.15) is 13.2 Å². The molecule has 1 aliphatic rings. The fraction of sp³-hybridized carbons (Fsp3) is 0.412. The van der Waals surface area contributed by atoms with E-state index in [0.29, 0.717) is 24.5 Å². The summed E-state index contributed by atoms with van der Waals surface area (Å²) in [5.41, 5.74) is 1.54. The number of pyridine rings is 1. The summed E-state index contributed by atoms with van der Waals surface area (Å²) in [5, 5.41) is 2.97. The molecule has 0 aliphatic carbocycles. The van der Waals surface area contributed by atoms with Gasteiger partial charge >= 0.3 is 6.18 Å². The minimum Gasteiger partial charge on any atom is -0.358 e. The van der Waals surface area contributed by atoms with Crippen molar-refractivity contribution in [1.29, 1.82) is 0 Å². The average molecular weight is 365 g/mol. The Balaban J connectivity index is 1.79. The first-order chi connectivity index (χ1) is 12.4. The van der Waals surface area contributed by atoms with Crippen molar-refractivity contribution in [2.24, 2.45) is 0 Å². The standard InChI is InChI=1S/C17H18F3N5O/c1-2-12-9-14(24-15(22-12)11-3-6-21-7-4-11)23-13-5-8-25(16(13)26)10-17(18,19)20/h3-4,6-7,9,13H,2,5,8,10H2,1H3,(H,22,23,24). The van der Waals surface area contributed by atoms with Crippen LogP contribution in [-0.4, -0.2) is 51.1 Å². The number of hydrogen-bond acceptors (Lipinski definition) is 5. The Morgan fingerprint density at radius 3 is 2.65 bits per heavy atom. The summed E-state index contributed by atoms with van der Waals surface area (Å²) >= 11 is 0. The molecule has 1 atom stereocenters. The van der Waals surface area contributed by atoms with Gasteiger partial charge in [-0.25, -0.2) is 9.97 Å². The molecule has 2 aromatic heterocycles. The zero-order valence-electron chi connectivity index (χ0n) is 14.1. The number of rotatable bonds is 5. The van der Waals surface area contributed by atoms with E-state index < -0.39 is 24.7 Å². The number of nitrogens with zero attached hydrogens (tertiary/aromatic N) is 4. The number of amides is 1. The van der Waals surface area contributed by atoms with E-state index in [-0.39, 0.29) is 6.54 Å². The van der Waals surface area contributed by atoms with Gasteiger partial charge in [0, 0.05) is 36.3 Å². The predicted octanol–water partition coefficient (Wildman–Crippen LogP) is 2.68. The number of carbonyl (C=O) groups excluding carboxylic acids is 1. The second-order valence-electron chi connectivity index (χ2n) is 6.02. The molecule has 2 aromatic rings. The zero-order valence-corrected chi connectivity index (χ0v) is 14.1. The molecular weight excluding hydrogens is 347 g/mol. The van der Waals surface area contributed by atoms with E-state index in [1.165, 1.54) is 0 Å². The van der Waals surface area contributed by atoms with Gasteiger partial charge in [-0.05, 0) is 25.0 Å². The van der Waals surface area contributed by atoms with Crippen LogP contribution in [0.2, 0.25) is 0 Å². The van der Waals surface area contributed by atoms with Crippen LogP contribution in [0, 0.1) is 0 Å². The van der Waals surface area contributed by atoms with Gasteiger partial charge in [-0.1, -0.05) is 6.92 Å². The van der Waals surface area contributed by atoms with Crippen LogP contribution in [0.15, 0.2) is 30.6 Å². The van der Waals surface area contributed by atoms with Gasteiger partial charge in [0.1, 0.15) is 18.4 Å². The molecule has 0 radical (unpaired) electrons. The molecule has 1 amide bonds. The zero-order chi connectivity index (χ0) is 18.7. The number of hydrogen-bond donors (Lipinski definition) is 1. The maximum absolute atomic E-state index is 12.5. The molecule has 1 N–H and O–H groups in total. The minimum absolute atomic E-state index is 0.0684. The largest absolute Gasteiger partial charge is 0.406 e. The summed E-state index contributed by atoms with van der Waals surface area (Å²) < 4.78 is 37.6. The van der Waals surface area contributed by atoms with Crippen molar-refractivity contribution in [3.63, 3.8) is 0 Å². The van der Waals surface area contributed by atoms with E-state index in [1.807, 2.05) is 6.92 Å².